The van der Waals surface area contributed by atoms with E-state index in [0.29, 0.717) is 6.61 Å². The predicted molar refractivity (Wildman–Crippen MR) is 55.0 cm³/mol. The SMILES string of the molecule is CC(C)(S)COc1ccccc1. The van der Waals surface area contributed by atoms with Crippen LogP contribution in [0.2, 0.25) is 0 Å². The van der Waals surface area contributed by atoms with E-state index < -0.39 is 0 Å². The zero-order valence-electron chi connectivity index (χ0n) is 7.45. The lowest BCUT2D eigenvalue weighted by molar-refractivity contribution is 0.288. The van der Waals surface area contributed by atoms with Crippen LogP contribution in [-0.2, 0) is 0 Å². The quantitative estimate of drug-likeness (QED) is 0.707. The van der Waals surface area contributed by atoms with E-state index in [4.69, 9.17) is 4.74 Å². The number of para-hydroxylation sites is 1. The third kappa shape index (κ3) is 3.67. The van der Waals surface area contributed by atoms with Crippen LogP contribution in [0.3, 0.4) is 0 Å². The van der Waals surface area contributed by atoms with Gasteiger partial charge in [0.15, 0.2) is 0 Å². The van der Waals surface area contributed by atoms with E-state index in [-0.39, 0.29) is 4.75 Å². The summed E-state index contributed by atoms with van der Waals surface area (Å²) < 4.78 is 5.42. The third-order valence-corrected chi connectivity index (χ3v) is 1.46. The van der Waals surface area contributed by atoms with Gasteiger partial charge in [0.25, 0.3) is 0 Å². The molecule has 0 spiro atoms. The van der Waals surface area contributed by atoms with Crippen molar-refractivity contribution in [1.29, 1.82) is 0 Å². The molecule has 2 heteroatoms. The summed E-state index contributed by atoms with van der Waals surface area (Å²) in [5.41, 5.74) is 0. The van der Waals surface area contributed by atoms with Gasteiger partial charge in [0.1, 0.15) is 12.4 Å². The van der Waals surface area contributed by atoms with Gasteiger partial charge in [0, 0.05) is 4.75 Å². The van der Waals surface area contributed by atoms with E-state index >= 15 is 0 Å². The van der Waals surface area contributed by atoms with Crippen LogP contribution in [0.1, 0.15) is 13.8 Å². The van der Waals surface area contributed by atoms with Crippen molar-refractivity contribution in [3.63, 3.8) is 0 Å². The van der Waals surface area contributed by atoms with Gasteiger partial charge in [-0.3, -0.25) is 0 Å². The molecule has 0 amide bonds. The average molecular weight is 182 g/mol. The molecule has 0 aliphatic rings. The Balaban J connectivity index is 2.44. The Morgan fingerprint density at radius 2 is 1.83 bits per heavy atom. The van der Waals surface area contributed by atoms with Gasteiger partial charge in [0.2, 0.25) is 0 Å². The lowest BCUT2D eigenvalue weighted by atomic mass is 10.2. The molecule has 0 atom stereocenters. The Morgan fingerprint density at radius 1 is 1.25 bits per heavy atom. The highest BCUT2D eigenvalue weighted by Crippen LogP contribution is 2.15. The van der Waals surface area contributed by atoms with Gasteiger partial charge in [-0.15, -0.1) is 0 Å². The molecule has 0 saturated heterocycles. The Labute approximate surface area is 79.2 Å². The maximum absolute atomic E-state index is 5.49. The molecule has 0 aromatic heterocycles. The molecule has 0 radical (unpaired) electrons. The van der Waals surface area contributed by atoms with Crippen molar-refractivity contribution in [3.8, 4) is 5.75 Å². The van der Waals surface area contributed by atoms with Gasteiger partial charge in [-0.2, -0.15) is 12.6 Å². The number of thiol groups is 1. The van der Waals surface area contributed by atoms with E-state index in [9.17, 15) is 0 Å². The van der Waals surface area contributed by atoms with E-state index in [2.05, 4.69) is 12.6 Å². The maximum atomic E-state index is 5.49. The van der Waals surface area contributed by atoms with Gasteiger partial charge in [-0.1, -0.05) is 18.2 Å². The minimum atomic E-state index is -0.0736. The summed E-state index contributed by atoms with van der Waals surface area (Å²) in [6.07, 6.45) is 0. The van der Waals surface area contributed by atoms with Crippen molar-refractivity contribution in [2.45, 2.75) is 18.6 Å². The molecule has 0 heterocycles. The fourth-order valence-corrected chi connectivity index (χ4v) is 0.841. The molecule has 1 nitrogen and oxygen atoms in total. The molecule has 0 unspecified atom stereocenters. The molecule has 0 bridgehead atoms. The summed E-state index contributed by atoms with van der Waals surface area (Å²) in [7, 11) is 0. The highest BCUT2D eigenvalue weighted by atomic mass is 32.1. The Morgan fingerprint density at radius 3 is 2.33 bits per heavy atom. The predicted octanol–water partition coefficient (Wildman–Crippen LogP) is 2.77. The molecule has 1 rings (SSSR count). The summed E-state index contributed by atoms with van der Waals surface area (Å²) in [4.78, 5) is 0. The highest BCUT2D eigenvalue weighted by molar-refractivity contribution is 7.81. The summed E-state index contributed by atoms with van der Waals surface area (Å²) in [5.74, 6) is 0.902. The van der Waals surface area contributed by atoms with Crippen molar-refractivity contribution < 1.29 is 4.74 Å². The average Bonchev–Trinajstić information content (AvgIpc) is 2.02. The standard InChI is InChI=1S/C10H14OS/c1-10(2,12)8-11-9-6-4-3-5-7-9/h3-7,12H,8H2,1-2H3. The molecule has 1 aromatic carbocycles. The first-order valence-electron chi connectivity index (χ1n) is 3.98. The molecule has 1 aromatic rings. The van der Waals surface area contributed by atoms with E-state index in [1.165, 1.54) is 0 Å². The van der Waals surface area contributed by atoms with Gasteiger partial charge in [0.05, 0.1) is 0 Å². The molecule has 0 aliphatic heterocycles. The number of benzene rings is 1. The Hall–Kier alpha value is -0.630. The van der Waals surface area contributed by atoms with Crippen molar-refractivity contribution in [2.24, 2.45) is 0 Å². The highest BCUT2D eigenvalue weighted by Gasteiger charge is 2.11. The van der Waals surface area contributed by atoms with Crippen molar-refractivity contribution >= 4 is 12.6 Å². The van der Waals surface area contributed by atoms with Gasteiger partial charge in [-0.05, 0) is 26.0 Å². The van der Waals surface area contributed by atoms with Gasteiger partial charge >= 0.3 is 0 Å². The number of hydrogen-bond donors (Lipinski definition) is 1. The fraction of sp³-hybridized carbons (Fsp3) is 0.400. The smallest absolute Gasteiger partial charge is 0.119 e. The van der Waals surface area contributed by atoms with Crippen LogP contribution in [0.15, 0.2) is 30.3 Å². The number of hydrogen-bond acceptors (Lipinski definition) is 2. The Bertz CT molecular complexity index is 225. The summed E-state index contributed by atoms with van der Waals surface area (Å²) in [5, 5.41) is 0. The maximum Gasteiger partial charge on any atom is 0.119 e. The first-order valence-corrected chi connectivity index (χ1v) is 4.43. The molecule has 12 heavy (non-hydrogen) atoms. The molecule has 0 N–H and O–H groups in total. The minimum absolute atomic E-state index is 0.0736. The molecule has 0 aliphatic carbocycles. The normalized spacial score (nSPS) is 11.2. The van der Waals surface area contributed by atoms with E-state index in [1.54, 1.807) is 0 Å². The lowest BCUT2D eigenvalue weighted by Crippen LogP contribution is -2.21. The van der Waals surface area contributed by atoms with Crippen LogP contribution in [-0.4, -0.2) is 11.4 Å². The zero-order valence-corrected chi connectivity index (χ0v) is 8.34. The summed E-state index contributed by atoms with van der Waals surface area (Å²) in [6.45, 7) is 4.68. The van der Waals surface area contributed by atoms with Crippen LogP contribution < -0.4 is 4.74 Å². The van der Waals surface area contributed by atoms with E-state index in [0.717, 1.165) is 5.75 Å². The fourth-order valence-electron chi connectivity index (χ4n) is 0.777. The monoisotopic (exact) mass is 182 g/mol. The molecule has 0 saturated carbocycles. The second-order valence-corrected chi connectivity index (χ2v) is 4.62. The van der Waals surface area contributed by atoms with Crippen LogP contribution in [0, 0.1) is 0 Å². The molecule has 66 valence electrons. The number of ether oxygens (including phenoxy) is 1. The topological polar surface area (TPSA) is 9.23 Å². The second-order valence-electron chi connectivity index (χ2n) is 3.41. The van der Waals surface area contributed by atoms with E-state index in [1.807, 2.05) is 44.2 Å². The van der Waals surface area contributed by atoms with Crippen LogP contribution in [0.5, 0.6) is 5.75 Å². The molecular weight excluding hydrogens is 168 g/mol. The lowest BCUT2D eigenvalue weighted by Gasteiger charge is -2.17. The summed E-state index contributed by atoms with van der Waals surface area (Å²) in [6, 6.07) is 9.78. The van der Waals surface area contributed by atoms with Crippen LogP contribution >= 0.6 is 12.6 Å². The molecule has 0 fully saturated rings. The van der Waals surface area contributed by atoms with Crippen molar-refractivity contribution in [3.05, 3.63) is 30.3 Å². The second kappa shape index (κ2) is 3.85. The first kappa shape index (κ1) is 9.46. The largest absolute Gasteiger partial charge is 0.492 e. The first-order chi connectivity index (χ1) is 5.58. The molecular formula is C10H14OS. The van der Waals surface area contributed by atoms with Crippen molar-refractivity contribution in [2.75, 3.05) is 6.61 Å². The third-order valence-electron chi connectivity index (χ3n) is 1.34. The van der Waals surface area contributed by atoms with Gasteiger partial charge < -0.3 is 4.74 Å². The zero-order chi connectivity index (χ0) is 9.03. The van der Waals surface area contributed by atoms with Gasteiger partial charge in [-0.25, -0.2) is 0 Å². The minimum Gasteiger partial charge on any atom is -0.492 e. The summed E-state index contributed by atoms with van der Waals surface area (Å²) >= 11 is 4.36. The Kier molecular flexibility index (Phi) is 3.04. The van der Waals surface area contributed by atoms with Crippen LogP contribution in [0.4, 0.5) is 0 Å². The van der Waals surface area contributed by atoms with Crippen molar-refractivity contribution in [1.82, 2.24) is 0 Å². The number of rotatable bonds is 3. The van der Waals surface area contributed by atoms with Crippen LogP contribution in [0.25, 0.3) is 0 Å².